The second-order valence-corrected chi connectivity index (χ2v) is 6.68. The third-order valence-corrected chi connectivity index (χ3v) is 4.63. The smallest absolute Gasteiger partial charge is 0.315 e. The fraction of sp³-hybridized carbons (Fsp3) is 0.385. The molecule has 0 spiro atoms. The molecule has 0 radical (unpaired) electrons. The van der Waals surface area contributed by atoms with Crippen LogP contribution in [0.1, 0.15) is 19.8 Å². The number of rotatable bonds is 6. The van der Waals surface area contributed by atoms with E-state index in [0.29, 0.717) is 5.69 Å². The lowest BCUT2D eigenvalue weighted by Gasteiger charge is -2.09. The van der Waals surface area contributed by atoms with E-state index in [2.05, 4.69) is 10.0 Å². The second-order valence-electron chi connectivity index (χ2n) is 4.97. The average molecular weight is 312 g/mol. The van der Waals surface area contributed by atoms with Crippen LogP contribution in [0.3, 0.4) is 0 Å². The van der Waals surface area contributed by atoms with Gasteiger partial charge in [0.2, 0.25) is 15.9 Å². The Balaban J connectivity index is 2.05. The first-order valence-electron chi connectivity index (χ1n) is 6.45. The van der Waals surface area contributed by atoms with Crippen LogP contribution < -0.4 is 10.0 Å². The predicted molar refractivity (Wildman–Crippen MR) is 75.2 cm³/mol. The van der Waals surface area contributed by atoms with Gasteiger partial charge in [-0.25, -0.2) is 13.1 Å². The first kappa shape index (κ1) is 15.5. The van der Waals surface area contributed by atoms with Crippen LogP contribution in [0, 0.1) is 5.92 Å². The SMILES string of the molecule is CC(C(=O)O)C(=O)Nc1ccc(S(=O)(=O)NC2CC2)cc1. The number of aliphatic carboxylic acids is 1. The highest BCUT2D eigenvalue weighted by Gasteiger charge is 2.28. The summed E-state index contributed by atoms with van der Waals surface area (Å²) < 4.78 is 26.4. The molecule has 114 valence electrons. The summed E-state index contributed by atoms with van der Waals surface area (Å²) in [4.78, 5) is 22.4. The third-order valence-electron chi connectivity index (χ3n) is 3.10. The number of nitrogens with one attached hydrogen (secondary N) is 2. The van der Waals surface area contributed by atoms with Crippen molar-refractivity contribution in [3.63, 3.8) is 0 Å². The molecule has 0 aliphatic heterocycles. The van der Waals surface area contributed by atoms with Crippen molar-refractivity contribution in [2.75, 3.05) is 5.32 Å². The molecule has 1 amide bonds. The topological polar surface area (TPSA) is 113 Å². The molecule has 3 N–H and O–H groups in total. The van der Waals surface area contributed by atoms with E-state index in [1.54, 1.807) is 0 Å². The van der Waals surface area contributed by atoms with Gasteiger partial charge in [-0.15, -0.1) is 0 Å². The Morgan fingerprint density at radius 3 is 2.29 bits per heavy atom. The molecular formula is C13H16N2O5S. The zero-order chi connectivity index (χ0) is 15.6. The summed E-state index contributed by atoms with van der Waals surface area (Å²) >= 11 is 0. The number of hydrogen-bond acceptors (Lipinski definition) is 4. The van der Waals surface area contributed by atoms with Gasteiger partial charge >= 0.3 is 5.97 Å². The van der Waals surface area contributed by atoms with Crippen molar-refractivity contribution in [1.82, 2.24) is 4.72 Å². The van der Waals surface area contributed by atoms with E-state index in [0.717, 1.165) is 12.8 Å². The molecule has 7 nitrogen and oxygen atoms in total. The van der Waals surface area contributed by atoms with E-state index in [4.69, 9.17) is 5.11 Å². The number of benzene rings is 1. The van der Waals surface area contributed by atoms with Gasteiger partial charge in [0.15, 0.2) is 0 Å². The van der Waals surface area contributed by atoms with Crippen molar-refractivity contribution in [1.29, 1.82) is 0 Å². The predicted octanol–water partition coefficient (Wildman–Crippen LogP) is 0.786. The summed E-state index contributed by atoms with van der Waals surface area (Å²) in [6.07, 6.45) is 1.70. The number of anilines is 1. The summed E-state index contributed by atoms with van der Waals surface area (Å²) in [5.74, 6) is -3.06. The van der Waals surface area contributed by atoms with Crippen LogP contribution in [0.5, 0.6) is 0 Å². The Hall–Kier alpha value is -1.93. The molecular weight excluding hydrogens is 296 g/mol. The molecule has 1 aliphatic rings. The number of hydrogen-bond donors (Lipinski definition) is 3. The highest BCUT2D eigenvalue weighted by molar-refractivity contribution is 7.89. The highest BCUT2D eigenvalue weighted by atomic mass is 32.2. The Kier molecular flexibility index (Phi) is 4.29. The quantitative estimate of drug-likeness (QED) is 0.672. The van der Waals surface area contributed by atoms with Gasteiger partial charge in [0.05, 0.1) is 4.90 Å². The normalized spacial score (nSPS) is 16.2. The van der Waals surface area contributed by atoms with Gasteiger partial charge < -0.3 is 10.4 Å². The fourth-order valence-electron chi connectivity index (χ4n) is 1.57. The molecule has 2 rings (SSSR count). The Bertz CT molecular complexity index is 650. The van der Waals surface area contributed by atoms with Crippen molar-refractivity contribution in [2.45, 2.75) is 30.7 Å². The number of amides is 1. The van der Waals surface area contributed by atoms with Crippen molar-refractivity contribution in [3.8, 4) is 0 Å². The molecule has 1 saturated carbocycles. The summed E-state index contributed by atoms with van der Waals surface area (Å²) in [6, 6.07) is 5.60. The summed E-state index contributed by atoms with van der Waals surface area (Å²) in [6.45, 7) is 1.27. The minimum absolute atomic E-state index is 0.0193. The summed E-state index contributed by atoms with van der Waals surface area (Å²) in [5.41, 5.74) is 0.346. The highest BCUT2D eigenvalue weighted by Crippen LogP contribution is 2.22. The van der Waals surface area contributed by atoms with Crippen molar-refractivity contribution in [3.05, 3.63) is 24.3 Å². The van der Waals surface area contributed by atoms with Crippen molar-refractivity contribution >= 4 is 27.6 Å². The molecule has 0 aromatic heterocycles. The minimum atomic E-state index is -3.53. The summed E-state index contributed by atoms with van der Waals surface area (Å²) in [5, 5.41) is 11.1. The number of carbonyl (C=O) groups excluding carboxylic acids is 1. The standard InChI is InChI=1S/C13H16N2O5S/c1-8(13(17)18)12(16)14-9-4-6-11(7-5-9)21(19,20)15-10-2-3-10/h4-8,10,15H,2-3H2,1H3,(H,14,16)(H,17,18). The van der Waals surface area contributed by atoms with Crippen LogP contribution in [0.15, 0.2) is 29.2 Å². The number of carboxylic acids is 1. The Morgan fingerprint density at radius 2 is 1.81 bits per heavy atom. The Morgan fingerprint density at radius 1 is 1.24 bits per heavy atom. The van der Waals surface area contributed by atoms with Crippen LogP contribution in [0.25, 0.3) is 0 Å². The fourth-order valence-corrected chi connectivity index (χ4v) is 2.87. The number of carboxylic acid groups (broad SMARTS) is 1. The molecule has 0 bridgehead atoms. The molecule has 8 heteroatoms. The van der Waals surface area contributed by atoms with Crippen molar-refractivity contribution in [2.24, 2.45) is 5.92 Å². The van der Waals surface area contributed by atoms with E-state index in [-0.39, 0.29) is 10.9 Å². The van der Waals surface area contributed by atoms with E-state index >= 15 is 0 Å². The van der Waals surface area contributed by atoms with Gasteiger partial charge in [0, 0.05) is 11.7 Å². The van der Waals surface area contributed by atoms with Crippen LogP contribution in [0.4, 0.5) is 5.69 Å². The van der Waals surface area contributed by atoms with Gasteiger partial charge in [0.25, 0.3) is 0 Å². The molecule has 1 fully saturated rings. The van der Waals surface area contributed by atoms with Crippen molar-refractivity contribution < 1.29 is 23.1 Å². The largest absolute Gasteiger partial charge is 0.481 e. The third kappa shape index (κ3) is 4.02. The lowest BCUT2D eigenvalue weighted by molar-refractivity contribution is -0.144. The zero-order valence-corrected chi connectivity index (χ0v) is 12.2. The maximum atomic E-state index is 11.9. The Labute approximate surface area is 122 Å². The molecule has 0 heterocycles. The van der Waals surface area contributed by atoms with Crippen LogP contribution >= 0.6 is 0 Å². The lowest BCUT2D eigenvalue weighted by Crippen LogP contribution is -2.27. The molecule has 0 saturated heterocycles. The van der Waals surface area contributed by atoms with E-state index < -0.39 is 27.8 Å². The molecule has 1 unspecified atom stereocenters. The molecule has 21 heavy (non-hydrogen) atoms. The monoisotopic (exact) mass is 312 g/mol. The molecule has 1 aliphatic carbocycles. The minimum Gasteiger partial charge on any atom is -0.481 e. The summed E-state index contributed by atoms with van der Waals surface area (Å²) in [7, 11) is -3.53. The van der Waals surface area contributed by atoms with Crippen LogP contribution in [-0.2, 0) is 19.6 Å². The maximum Gasteiger partial charge on any atom is 0.315 e. The van der Waals surface area contributed by atoms with E-state index in [1.165, 1.54) is 31.2 Å². The lowest BCUT2D eigenvalue weighted by atomic mass is 10.1. The molecule has 1 atom stereocenters. The van der Waals surface area contributed by atoms with Gasteiger partial charge in [-0.05, 0) is 44.0 Å². The molecule has 1 aromatic rings. The second kappa shape index (κ2) is 5.82. The first-order chi connectivity index (χ1) is 9.79. The zero-order valence-electron chi connectivity index (χ0n) is 11.4. The maximum absolute atomic E-state index is 11.9. The van der Waals surface area contributed by atoms with E-state index in [9.17, 15) is 18.0 Å². The van der Waals surface area contributed by atoms with Crippen LogP contribution in [0.2, 0.25) is 0 Å². The van der Waals surface area contributed by atoms with Gasteiger partial charge in [-0.1, -0.05) is 0 Å². The van der Waals surface area contributed by atoms with Crippen LogP contribution in [-0.4, -0.2) is 31.4 Å². The van der Waals surface area contributed by atoms with Gasteiger partial charge in [0.1, 0.15) is 5.92 Å². The average Bonchev–Trinajstić information content (AvgIpc) is 3.21. The number of carbonyl (C=O) groups is 2. The first-order valence-corrected chi connectivity index (χ1v) is 7.94. The van der Waals surface area contributed by atoms with E-state index in [1.807, 2.05) is 0 Å². The molecule has 1 aromatic carbocycles. The number of sulfonamides is 1. The van der Waals surface area contributed by atoms with Gasteiger partial charge in [-0.2, -0.15) is 0 Å². The van der Waals surface area contributed by atoms with Gasteiger partial charge in [-0.3, -0.25) is 9.59 Å².